The van der Waals surface area contributed by atoms with Gasteiger partial charge >= 0.3 is 25.6 Å². The van der Waals surface area contributed by atoms with Crippen molar-refractivity contribution in [3.63, 3.8) is 0 Å². The van der Waals surface area contributed by atoms with Crippen molar-refractivity contribution in [1.82, 2.24) is 0 Å². The van der Waals surface area contributed by atoms with E-state index >= 15 is 0 Å². The van der Waals surface area contributed by atoms with Gasteiger partial charge < -0.3 is 0 Å². The summed E-state index contributed by atoms with van der Waals surface area (Å²) in [4.78, 5) is 0. The Balaban J connectivity index is 0. The van der Waals surface area contributed by atoms with E-state index in [1.807, 2.05) is 26.0 Å². The van der Waals surface area contributed by atoms with Crippen LogP contribution < -0.4 is 0 Å². The third kappa shape index (κ3) is 27.0. The van der Waals surface area contributed by atoms with E-state index in [-0.39, 0.29) is 0 Å². The minimum atomic E-state index is 0.300. The first kappa shape index (κ1) is 9.60. The Morgan fingerprint density at radius 1 is 1.17 bits per heavy atom. The van der Waals surface area contributed by atoms with Gasteiger partial charge in [-0.25, -0.2) is 0 Å². The van der Waals surface area contributed by atoms with E-state index in [0.717, 1.165) is 0 Å². The van der Waals surface area contributed by atoms with Gasteiger partial charge in [0.25, 0.3) is 0 Å². The zero-order chi connectivity index (χ0) is 5.41. The summed E-state index contributed by atoms with van der Waals surface area (Å²) in [6.45, 7) is 4.00. The predicted molar refractivity (Wildman–Crippen MR) is 26.9 cm³/mol. The van der Waals surface area contributed by atoms with Gasteiger partial charge in [-0.1, -0.05) is 12.2 Å². The van der Waals surface area contributed by atoms with Crippen LogP contribution in [0, 0.1) is 0 Å². The molecule has 2 heteroatoms. The van der Waals surface area contributed by atoms with Crippen molar-refractivity contribution in [2.24, 2.45) is 0 Å². The molecule has 0 aromatic heterocycles. The first-order chi connectivity index (χ1) is 2.91. The topological polar surface area (TPSA) is 17.1 Å². The average molecular weight is 191 g/mol. The van der Waals surface area contributed by atoms with Gasteiger partial charge in [0.15, 0.2) is 0 Å². The normalized spacial score (nSPS) is 7.00. The molecular weight excluding hydrogens is 183 g/mol. The van der Waals surface area contributed by atoms with Crippen LogP contribution in [-0.2, 0) is 3.08 Å². The maximum absolute atomic E-state index is 8.34. The maximum atomic E-state index is 8.34. The van der Waals surface area contributed by atoms with Crippen LogP contribution in [0.15, 0.2) is 12.2 Å². The molecule has 0 spiro atoms. The molecule has 0 saturated heterocycles. The molecule has 0 aromatic carbocycles. The minimum absolute atomic E-state index is 0.300. The fourth-order valence-electron chi connectivity index (χ4n) is 0. The summed E-state index contributed by atoms with van der Waals surface area (Å²) < 4.78 is 8.34. The first-order valence-corrected chi connectivity index (χ1v) is 2.86. The Morgan fingerprint density at radius 2 is 1.33 bits per heavy atom. The summed E-state index contributed by atoms with van der Waals surface area (Å²) in [5.41, 5.74) is 0. The van der Waals surface area contributed by atoms with Crippen molar-refractivity contribution in [3.8, 4) is 0 Å². The third-order valence-electron chi connectivity index (χ3n) is 0.333. The molecular formula is C4H8OSn. The van der Waals surface area contributed by atoms with E-state index in [1.165, 1.54) is 0 Å². The van der Waals surface area contributed by atoms with E-state index in [0.29, 0.717) is 22.5 Å². The molecule has 0 aliphatic carbocycles. The summed E-state index contributed by atoms with van der Waals surface area (Å²) in [5.74, 6) is 0. The van der Waals surface area contributed by atoms with E-state index in [4.69, 9.17) is 3.08 Å². The van der Waals surface area contributed by atoms with E-state index in [2.05, 4.69) is 0 Å². The van der Waals surface area contributed by atoms with Gasteiger partial charge in [0.2, 0.25) is 0 Å². The molecule has 0 aliphatic rings. The molecule has 0 unspecified atom stereocenters. The summed E-state index contributed by atoms with van der Waals surface area (Å²) in [7, 11) is 0. The van der Waals surface area contributed by atoms with Crippen LogP contribution in [-0.4, -0.2) is 22.5 Å². The summed E-state index contributed by atoms with van der Waals surface area (Å²) >= 11 is 0.300. The molecule has 34 valence electrons. The summed E-state index contributed by atoms with van der Waals surface area (Å²) in [5, 5.41) is 0. The molecule has 0 aromatic rings. The first-order valence-electron chi connectivity index (χ1n) is 1.69. The van der Waals surface area contributed by atoms with Gasteiger partial charge in [0.05, 0.1) is 0 Å². The van der Waals surface area contributed by atoms with Crippen LogP contribution in [0.4, 0.5) is 0 Å². The SMILES string of the molecule is CC=CC.[O]=[Sn]. The van der Waals surface area contributed by atoms with Gasteiger partial charge in [0, 0.05) is 0 Å². The molecule has 1 nitrogen and oxygen atoms in total. The molecule has 0 aliphatic heterocycles. The molecule has 0 rings (SSSR count). The van der Waals surface area contributed by atoms with Crippen molar-refractivity contribution >= 4 is 22.5 Å². The number of hydrogen-bond donors (Lipinski definition) is 0. The van der Waals surface area contributed by atoms with Crippen molar-refractivity contribution in [2.75, 3.05) is 0 Å². The Hall–Kier alpha value is 0.339. The monoisotopic (exact) mass is 192 g/mol. The molecule has 0 atom stereocenters. The number of rotatable bonds is 0. The van der Waals surface area contributed by atoms with Crippen LogP contribution in [0.2, 0.25) is 0 Å². The molecule has 0 fully saturated rings. The van der Waals surface area contributed by atoms with E-state index in [1.54, 1.807) is 0 Å². The molecule has 0 heterocycles. The summed E-state index contributed by atoms with van der Waals surface area (Å²) in [6, 6.07) is 0. The zero-order valence-corrected chi connectivity index (χ0v) is 6.92. The molecule has 2 radical (unpaired) electrons. The second-order valence-corrected chi connectivity index (χ2v) is 0.667. The quantitative estimate of drug-likeness (QED) is 0.413. The fourth-order valence-corrected chi connectivity index (χ4v) is 0. The Bertz CT molecular complexity index is 30.5. The van der Waals surface area contributed by atoms with Crippen molar-refractivity contribution < 1.29 is 3.08 Å². The number of hydrogen-bond acceptors (Lipinski definition) is 1. The van der Waals surface area contributed by atoms with Gasteiger partial charge in [-0.3, -0.25) is 0 Å². The Kier molecular flexibility index (Phi) is 29.4. The van der Waals surface area contributed by atoms with E-state index < -0.39 is 0 Å². The van der Waals surface area contributed by atoms with Gasteiger partial charge in [-0.15, -0.1) is 0 Å². The average Bonchev–Trinajstić information content (AvgIpc) is 1.72. The second-order valence-electron chi connectivity index (χ2n) is 0.667. The van der Waals surface area contributed by atoms with Crippen molar-refractivity contribution in [3.05, 3.63) is 12.2 Å². The predicted octanol–water partition coefficient (Wildman–Crippen LogP) is 1.08. The Morgan fingerprint density at radius 3 is 1.33 bits per heavy atom. The van der Waals surface area contributed by atoms with Gasteiger partial charge in [-0.05, 0) is 13.8 Å². The van der Waals surface area contributed by atoms with Crippen LogP contribution in [0.25, 0.3) is 0 Å². The van der Waals surface area contributed by atoms with Gasteiger partial charge in [-0.2, -0.15) is 0 Å². The number of allylic oxidation sites excluding steroid dienone is 2. The molecule has 0 saturated carbocycles. The van der Waals surface area contributed by atoms with Gasteiger partial charge in [0.1, 0.15) is 0 Å². The zero-order valence-electron chi connectivity index (χ0n) is 4.06. The van der Waals surface area contributed by atoms with Crippen LogP contribution in [0.3, 0.4) is 0 Å². The molecule has 0 N–H and O–H groups in total. The summed E-state index contributed by atoms with van der Waals surface area (Å²) in [6.07, 6.45) is 4.00. The second kappa shape index (κ2) is 18.4. The van der Waals surface area contributed by atoms with Crippen molar-refractivity contribution in [2.45, 2.75) is 13.8 Å². The molecule has 6 heavy (non-hydrogen) atoms. The van der Waals surface area contributed by atoms with Crippen LogP contribution >= 0.6 is 0 Å². The van der Waals surface area contributed by atoms with Crippen molar-refractivity contribution in [1.29, 1.82) is 0 Å². The Labute approximate surface area is 51.9 Å². The van der Waals surface area contributed by atoms with Crippen LogP contribution in [0.5, 0.6) is 0 Å². The van der Waals surface area contributed by atoms with E-state index in [9.17, 15) is 0 Å². The standard InChI is InChI=1S/C4H8.O.Sn/c1-3-4-2;;/h3-4H,1-2H3;;. The fraction of sp³-hybridized carbons (Fsp3) is 0.500. The molecule has 0 amide bonds. The molecule has 0 bridgehead atoms. The third-order valence-corrected chi connectivity index (χ3v) is 0.333. The van der Waals surface area contributed by atoms with Crippen LogP contribution in [0.1, 0.15) is 13.8 Å².